The standard InChI is InChI=1S/C49H52O3/c1-3-5-7-9-19-38-40-21-11-15-25-44(40)48(45-26-16-12-22-41(38)45)33-51-36-29-35(32-50)30-37(31-36)52-34-49-46-27-17-13-23-42(46)39(20-10-8-6-4-2)43-24-14-18-28-47(43)49/h11-18,21-31,50H,3-10,19-20,32-34H2,1-2H3. The number of fused-ring (bicyclic) bond motifs is 4. The smallest absolute Gasteiger partial charge is 0.123 e. The van der Waals surface area contributed by atoms with Gasteiger partial charge in [-0.25, -0.2) is 0 Å². The molecule has 7 aromatic rings. The van der Waals surface area contributed by atoms with Crippen LogP contribution in [0.25, 0.3) is 43.1 Å². The van der Waals surface area contributed by atoms with Crippen LogP contribution in [-0.2, 0) is 32.7 Å². The first-order valence-corrected chi connectivity index (χ1v) is 19.5. The molecule has 1 N–H and O–H groups in total. The quantitative estimate of drug-likeness (QED) is 0.0764. The fourth-order valence-corrected chi connectivity index (χ4v) is 8.12. The number of ether oxygens (including phenoxy) is 2. The number of aliphatic hydroxyl groups excluding tert-OH is 1. The third-order valence-electron chi connectivity index (χ3n) is 10.8. The van der Waals surface area contributed by atoms with Gasteiger partial charge in [-0.1, -0.05) is 149 Å². The van der Waals surface area contributed by atoms with Gasteiger partial charge in [-0.15, -0.1) is 0 Å². The van der Waals surface area contributed by atoms with Gasteiger partial charge >= 0.3 is 0 Å². The SMILES string of the molecule is CCCCCCc1c2ccccc2c(COc2cc(CO)cc(OCc3c4ccccc4c(CCCCCC)c4ccccc34)c2)c2ccccc12. The summed E-state index contributed by atoms with van der Waals surface area (Å²) in [4.78, 5) is 0. The summed E-state index contributed by atoms with van der Waals surface area (Å²) in [5.74, 6) is 1.38. The zero-order valence-corrected chi connectivity index (χ0v) is 30.9. The van der Waals surface area contributed by atoms with E-state index in [9.17, 15) is 5.11 Å². The summed E-state index contributed by atoms with van der Waals surface area (Å²) >= 11 is 0. The molecule has 0 amide bonds. The summed E-state index contributed by atoms with van der Waals surface area (Å²) in [6, 6.07) is 41.0. The van der Waals surface area contributed by atoms with Crippen molar-refractivity contribution in [3.63, 3.8) is 0 Å². The first-order chi connectivity index (χ1) is 25.7. The number of unbranched alkanes of at least 4 members (excludes halogenated alkanes) is 6. The van der Waals surface area contributed by atoms with Crippen LogP contribution in [0, 0.1) is 0 Å². The second-order valence-electron chi connectivity index (χ2n) is 14.3. The van der Waals surface area contributed by atoms with Gasteiger partial charge in [-0.2, -0.15) is 0 Å². The largest absolute Gasteiger partial charge is 0.489 e. The van der Waals surface area contributed by atoms with Gasteiger partial charge < -0.3 is 14.6 Å². The summed E-state index contributed by atoms with van der Waals surface area (Å²) < 4.78 is 13.2. The van der Waals surface area contributed by atoms with E-state index in [1.807, 2.05) is 18.2 Å². The molecule has 52 heavy (non-hydrogen) atoms. The molecule has 7 aromatic carbocycles. The third kappa shape index (κ3) is 7.66. The Morgan fingerprint density at radius 3 is 1.04 bits per heavy atom. The zero-order chi connectivity index (χ0) is 35.7. The molecule has 0 saturated carbocycles. The Kier molecular flexibility index (Phi) is 11.7. The number of hydrogen-bond donors (Lipinski definition) is 1. The lowest BCUT2D eigenvalue weighted by atomic mass is 9.89. The van der Waals surface area contributed by atoms with E-state index in [1.54, 1.807) is 0 Å². The van der Waals surface area contributed by atoms with Gasteiger partial charge in [0.05, 0.1) is 6.61 Å². The lowest BCUT2D eigenvalue weighted by Crippen LogP contribution is -2.03. The lowest BCUT2D eigenvalue weighted by molar-refractivity contribution is 0.271. The molecular formula is C49H52O3. The molecule has 0 fully saturated rings. The van der Waals surface area contributed by atoms with Crippen molar-refractivity contribution in [3.8, 4) is 11.5 Å². The van der Waals surface area contributed by atoms with E-state index in [4.69, 9.17) is 9.47 Å². The molecule has 266 valence electrons. The maximum absolute atomic E-state index is 10.3. The van der Waals surface area contributed by atoms with Crippen LogP contribution in [0.15, 0.2) is 115 Å². The highest BCUT2D eigenvalue weighted by molar-refractivity contribution is 6.07. The average molecular weight is 689 g/mol. The third-order valence-corrected chi connectivity index (χ3v) is 10.8. The Balaban J connectivity index is 1.18. The number of aryl methyl sites for hydroxylation is 2. The van der Waals surface area contributed by atoms with E-state index >= 15 is 0 Å². The maximum atomic E-state index is 10.3. The second kappa shape index (κ2) is 17.1. The Morgan fingerprint density at radius 1 is 0.404 bits per heavy atom. The summed E-state index contributed by atoms with van der Waals surface area (Å²) in [6.07, 6.45) is 12.1. The molecule has 0 heterocycles. The fourth-order valence-electron chi connectivity index (χ4n) is 8.12. The summed E-state index contributed by atoms with van der Waals surface area (Å²) in [6.45, 7) is 5.28. The number of benzene rings is 7. The van der Waals surface area contributed by atoms with Crippen molar-refractivity contribution in [2.24, 2.45) is 0 Å². The van der Waals surface area contributed by atoms with Gasteiger partial charge in [-0.05, 0) is 97.6 Å². The molecule has 0 unspecified atom stereocenters. The molecular weight excluding hydrogens is 637 g/mol. The molecule has 0 aliphatic rings. The second-order valence-corrected chi connectivity index (χ2v) is 14.3. The molecule has 0 aliphatic heterocycles. The van der Waals surface area contributed by atoms with E-state index < -0.39 is 0 Å². The van der Waals surface area contributed by atoms with Crippen LogP contribution in [0.2, 0.25) is 0 Å². The molecule has 0 saturated heterocycles. The van der Waals surface area contributed by atoms with Crippen molar-refractivity contribution < 1.29 is 14.6 Å². The number of aliphatic hydroxyl groups is 1. The Morgan fingerprint density at radius 2 is 0.731 bits per heavy atom. The predicted octanol–water partition coefficient (Wildman–Crippen LogP) is 13.2. The number of hydrogen-bond acceptors (Lipinski definition) is 3. The van der Waals surface area contributed by atoms with E-state index in [0.29, 0.717) is 24.7 Å². The van der Waals surface area contributed by atoms with Gasteiger partial charge in [0.25, 0.3) is 0 Å². The summed E-state index contributed by atoms with van der Waals surface area (Å²) in [5, 5.41) is 20.5. The normalized spacial score (nSPS) is 11.6. The highest BCUT2D eigenvalue weighted by Crippen LogP contribution is 2.37. The minimum atomic E-state index is -0.0925. The van der Waals surface area contributed by atoms with Crippen LogP contribution >= 0.6 is 0 Å². The van der Waals surface area contributed by atoms with E-state index in [1.165, 1.54) is 117 Å². The Hall–Kier alpha value is -4.86. The van der Waals surface area contributed by atoms with Crippen molar-refractivity contribution in [2.45, 2.75) is 97.9 Å². The van der Waals surface area contributed by atoms with Gasteiger partial charge in [0.1, 0.15) is 24.7 Å². The monoisotopic (exact) mass is 688 g/mol. The Bertz CT molecular complexity index is 2010. The van der Waals surface area contributed by atoms with Crippen molar-refractivity contribution in [2.75, 3.05) is 0 Å². The molecule has 3 heteroatoms. The summed E-state index contributed by atoms with van der Waals surface area (Å²) in [7, 11) is 0. The first kappa shape index (κ1) is 35.5. The molecule has 0 bridgehead atoms. The minimum absolute atomic E-state index is 0.0925. The summed E-state index contributed by atoms with van der Waals surface area (Å²) in [5.41, 5.74) is 6.02. The fraction of sp³-hybridized carbons (Fsp3) is 0.306. The predicted molar refractivity (Wildman–Crippen MR) is 220 cm³/mol. The molecule has 3 nitrogen and oxygen atoms in total. The molecule has 0 spiro atoms. The highest BCUT2D eigenvalue weighted by Gasteiger charge is 2.17. The van der Waals surface area contributed by atoms with Crippen LogP contribution in [0.5, 0.6) is 11.5 Å². The van der Waals surface area contributed by atoms with Gasteiger partial charge in [0.15, 0.2) is 0 Å². The Labute approximate surface area is 309 Å². The lowest BCUT2D eigenvalue weighted by Gasteiger charge is -2.19. The van der Waals surface area contributed by atoms with Crippen molar-refractivity contribution in [3.05, 3.63) is 143 Å². The number of rotatable bonds is 17. The van der Waals surface area contributed by atoms with Crippen LogP contribution < -0.4 is 9.47 Å². The molecule has 0 radical (unpaired) electrons. The van der Waals surface area contributed by atoms with E-state index in [2.05, 4.69) is 111 Å². The molecule has 0 aromatic heterocycles. The van der Waals surface area contributed by atoms with Crippen molar-refractivity contribution in [1.82, 2.24) is 0 Å². The molecule has 0 aliphatic carbocycles. The topological polar surface area (TPSA) is 38.7 Å². The average Bonchev–Trinajstić information content (AvgIpc) is 3.19. The van der Waals surface area contributed by atoms with Gasteiger partial charge in [0.2, 0.25) is 0 Å². The van der Waals surface area contributed by atoms with Crippen molar-refractivity contribution >= 4 is 43.1 Å². The minimum Gasteiger partial charge on any atom is -0.489 e. The van der Waals surface area contributed by atoms with Crippen LogP contribution in [0.4, 0.5) is 0 Å². The van der Waals surface area contributed by atoms with E-state index in [0.717, 1.165) is 18.4 Å². The first-order valence-electron chi connectivity index (χ1n) is 19.5. The molecule has 7 rings (SSSR count). The van der Waals surface area contributed by atoms with Crippen LogP contribution in [0.1, 0.15) is 93.0 Å². The van der Waals surface area contributed by atoms with Gasteiger partial charge in [0, 0.05) is 17.2 Å². The maximum Gasteiger partial charge on any atom is 0.123 e. The highest BCUT2D eigenvalue weighted by atomic mass is 16.5. The zero-order valence-electron chi connectivity index (χ0n) is 30.9. The van der Waals surface area contributed by atoms with Crippen LogP contribution in [0.3, 0.4) is 0 Å². The van der Waals surface area contributed by atoms with Crippen LogP contribution in [-0.4, -0.2) is 5.11 Å². The van der Waals surface area contributed by atoms with Crippen molar-refractivity contribution in [1.29, 1.82) is 0 Å². The van der Waals surface area contributed by atoms with Gasteiger partial charge in [-0.3, -0.25) is 0 Å². The van der Waals surface area contributed by atoms with E-state index in [-0.39, 0.29) is 6.61 Å². The molecule has 0 atom stereocenters.